The van der Waals surface area contributed by atoms with Crippen LogP contribution in [0.25, 0.3) is 0 Å². The fourth-order valence-electron chi connectivity index (χ4n) is 2.21. The Hall–Kier alpha value is -0.830. The Bertz CT molecular complexity index is 390. The standard InChI is InChI=1S/C14H22N2S/c1-10-9-12(16(3)4)5-6-13(10)15-14-7-8-17-11(14)2/h5-6,9,11,14-15H,7-8H2,1-4H3. The van der Waals surface area contributed by atoms with Gasteiger partial charge in [-0.1, -0.05) is 6.92 Å². The van der Waals surface area contributed by atoms with Crippen molar-refractivity contribution in [2.24, 2.45) is 0 Å². The molecule has 1 saturated heterocycles. The molecule has 1 aromatic rings. The van der Waals surface area contributed by atoms with Crippen molar-refractivity contribution in [2.45, 2.75) is 31.6 Å². The molecular weight excluding hydrogens is 228 g/mol. The van der Waals surface area contributed by atoms with Crippen molar-refractivity contribution >= 4 is 23.1 Å². The van der Waals surface area contributed by atoms with Gasteiger partial charge in [-0.2, -0.15) is 11.8 Å². The highest BCUT2D eigenvalue weighted by Gasteiger charge is 2.23. The third kappa shape index (κ3) is 2.89. The van der Waals surface area contributed by atoms with Gasteiger partial charge in [-0.05, 0) is 42.9 Å². The first kappa shape index (κ1) is 12.6. The number of thioether (sulfide) groups is 1. The zero-order chi connectivity index (χ0) is 12.4. The van der Waals surface area contributed by atoms with Crippen LogP contribution >= 0.6 is 11.8 Å². The van der Waals surface area contributed by atoms with E-state index < -0.39 is 0 Å². The summed E-state index contributed by atoms with van der Waals surface area (Å²) in [6.45, 7) is 4.50. The molecule has 0 spiro atoms. The summed E-state index contributed by atoms with van der Waals surface area (Å²) in [6.07, 6.45) is 1.28. The Balaban J connectivity index is 2.11. The van der Waals surface area contributed by atoms with Crippen LogP contribution in [-0.2, 0) is 0 Å². The molecule has 1 aromatic carbocycles. The van der Waals surface area contributed by atoms with Gasteiger partial charge < -0.3 is 10.2 Å². The van der Waals surface area contributed by atoms with E-state index in [9.17, 15) is 0 Å². The van der Waals surface area contributed by atoms with E-state index in [0.29, 0.717) is 6.04 Å². The van der Waals surface area contributed by atoms with Crippen molar-refractivity contribution < 1.29 is 0 Å². The molecule has 0 amide bonds. The topological polar surface area (TPSA) is 15.3 Å². The molecule has 1 heterocycles. The van der Waals surface area contributed by atoms with Gasteiger partial charge in [-0.25, -0.2) is 0 Å². The molecule has 0 aromatic heterocycles. The van der Waals surface area contributed by atoms with Gasteiger partial charge in [0.05, 0.1) is 0 Å². The molecule has 1 N–H and O–H groups in total. The number of benzene rings is 1. The average molecular weight is 250 g/mol. The second-order valence-corrected chi connectivity index (χ2v) is 6.49. The Kier molecular flexibility index (Phi) is 3.87. The number of nitrogens with one attached hydrogen (secondary N) is 1. The molecule has 0 bridgehead atoms. The molecule has 2 unspecified atom stereocenters. The summed E-state index contributed by atoms with van der Waals surface area (Å²) in [4.78, 5) is 2.14. The SMILES string of the molecule is Cc1cc(N(C)C)ccc1NC1CCSC1C. The maximum Gasteiger partial charge on any atom is 0.0385 e. The first-order valence-corrected chi connectivity index (χ1v) is 7.29. The summed E-state index contributed by atoms with van der Waals surface area (Å²) in [6, 6.07) is 7.27. The van der Waals surface area contributed by atoms with Gasteiger partial charge >= 0.3 is 0 Å². The molecule has 94 valence electrons. The van der Waals surface area contributed by atoms with E-state index in [1.165, 1.54) is 29.1 Å². The van der Waals surface area contributed by atoms with Crippen molar-refractivity contribution in [3.8, 4) is 0 Å². The van der Waals surface area contributed by atoms with Gasteiger partial charge in [-0.3, -0.25) is 0 Å². The predicted molar refractivity (Wildman–Crippen MR) is 79.5 cm³/mol. The van der Waals surface area contributed by atoms with Crippen molar-refractivity contribution in [3.05, 3.63) is 23.8 Å². The summed E-state index contributed by atoms with van der Waals surface area (Å²) >= 11 is 2.07. The van der Waals surface area contributed by atoms with Crippen LogP contribution in [0.2, 0.25) is 0 Å². The molecule has 2 atom stereocenters. The van der Waals surface area contributed by atoms with Gasteiger partial charge in [0.15, 0.2) is 0 Å². The predicted octanol–water partition coefficient (Wildman–Crippen LogP) is 3.37. The number of aryl methyl sites for hydroxylation is 1. The largest absolute Gasteiger partial charge is 0.381 e. The highest BCUT2D eigenvalue weighted by Crippen LogP contribution is 2.30. The van der Waals surface area contributed by atoms with Gasteiger partial charge in [0.25, 0.3) is 0 Å². The Morgan fingerprint density at radius 3 is 2.65 bits per heavy atom. The summed E-state index contributed by atoms with van der Waals surface area (Å²) in [5, 5.41) is 4.41. The van der Waals surface area contributed by atoms with Crippen molar-refractivity contribution in [3.63, 3.8) is 0 Å². The molecule has 1 fully saturated rings. The summed E-state index contributed by atoms with van der Waals surface area (Å²) in [7, 11) is 4.16. The van der Waals surface area contributed by atoms with Crippen LogP contribution in [0.15, 0.2) is 18.2 Å². The lowest BCUT2D eigenvalue weighted by molar-refractivity contribution is 0.723. The van der Waals surface area contributed by atoms with E-state index in [-0.39, 0.29) is 0 Å². The van der Waals surface area contributed by atoms with Crippen LogP contribution in [0.1, 0.15) is 18.9 Å². The molecule has 3 heteroatoms. The molecule has 2 nitrogen and oxygen atoms in total. The van der Waals surface area contributed by atoms with Gasteiger partial charge in [0.2, 0.25) is 0 Å². The van der Waals surface area contributed by atoms with Crippen molar-refractivity contribution in [1.82, 2.24) is 0 Å². The third-order valence-corrected chi connectivity index (χ3v) is 4.77. The van der Waals surface area contributed by atoms with E-state index in [1.807, 2.05) is 0 Å². The minimum Gasteiger partial charge on any atom is -0.381 e. The van der Waals surface area contributed by atoms with Crippen LogP contribution in [0.5, 0.6) is 0 Å². The number of anilines is 2. The molecule has 0 aliphatic carbocycles. The van der Waals surface area contributed by atoms with Gasteiger partial charge in [0.1, 0.15) is 0 Å². The van der Waals surface area contributed by atoms with Gasteiger partial charge in [0, 0.05) is 36.8 Å². The van der Waals surface area contributed by atoms with Crippen LogP contribution in [-0.4, -0.2) is 31.1 Å². The van der Waals surface area contributed by atoms with Crippen molar-refractivity contribution in [1.29, 1.82) is 0 Å². The monoisotopic (exact) mass is 250 g/mol. The second kappa shape index (κ2) is 5.21. The van der Waals surface area contributed by atoms with E-state index in [4.69, 9.17) is 0 Å². The fourth-order valence-corrected chi connectivity index (χ4v) is 3.41. The lowest BCUT2D eigenvalue weighted by Gasteiger charge is -2.21. The lowest BCUT2D eigenvalue weighted by Crippen LogP contribution is -2.25. The molecule has 0 radical (unpaired) electrons. The normalized spacial score (nSPS) is 23.8. The Morgan fingerprint density at radius 2 is 2.12 bits per heavy atom. The number of rotatable bonds is 3. The average Bonchev–Trinajstić information content (AvgIpc) is 2.67. The number of hydrogen-bond acceptors (Lipinski definition) is 3. The van der Waals surface area contributed by atoms with Crippen LogP contribution in [0.4, 0.5) is 11.4 Å². The summed E-state index contributed by atoms with van der Waals surface area (Å²) in [5.41, 5.74) is 3.89. The Labute approximate surface area is 109 Å². The number of hydrogen-bond donors (Lipinski definition) is 1. The fraction of sp³-hybridized carbons (Fsp3) is 0.571. The molecule has 0 saturated carbocycles. The smallest absolute Gasteiger partial charge is 0.0385 e. The molecule has 17 heavy (non-hydrogen) atoms. The highest BCUT2D eigenvalue weighted by atomic mass is 32.2. The van der Waals surface area contributed by atoms with Crippen LogP contribution in [0.3, 0.4) is 0 Å². The Morgan fingerprint density at radius 1 is 1.35 bits per heavy atom. The lowest BCUT2D eigenvalue weighted by atomic mass is 10.1. The quantitative estimate of drug-likeness (QED) is 0.885. The maximum absolute atomic E-state index is 3.69. The minimum atomic E-state index is 0.629. The minimum absolute atomic E-state index is 0.629. The summed E-state index contributed by atoms with van der Waals surface area (Å²) in [5.74, 6) is 1.29. The molecule has 1 aliphatic rings. The maximum atomic E-state index is 3.69. The number of nitrogens with zero attached hydrogens (tertiary/aromatic N) is 1. The third-order valence-electron chi connectivity index (χ3n) is 3.44. The molecule has 1 aliphatic heterocycles. The van der Waals surface area contributed by atoms with E-state index in [0.717, 1.165) is 5.25 Å². The van der Waals surface area contributed by atoms with Crippen LogP contribution < -0.4 is 10.2 Å². The van der Waals surface area contributed by atoms with E-state index in [1.54, 1.807) is 0 Å². The zero-order valence-electron chi connectivity index (χ0n) is 11.2. The highest BCUT2D eigenvalue weighted by molar-refractivity contribution is 8.00. The molecular formula is C14H22N2S. The first-order valence-electron chi connectivity index (χ1n) is 6.24. The second-order valence-electron chi connectivity index (χ2n) is 5.01. The molecule has 2 rings (SSSR count). The zero-order valence-corrected chi connectivity index (χ0v) is 12.0. The van der Waals surface area contributed by atoms with E-state index >= 15 is 0 Å². The van der Waals surface area contributed by atoms with Gasteiger partial charge in [-0.15, -0.1) is 0 Å². The van der Waals surface area contributed by atoms with Crippen molar-refractivity contribution in [2.75, 3.05) is 30.1 Å². The van der Waals surface area contributed by atoms with Crippen LogP contribution in [0, 0.1) is 6.92 Å². The first-order chi connectivity index (χ1) is 8.08. The van der Waals surface area contributed by atoms with E-state index in [2.05, 4.69) is 68.1 Å². The summed E-state index contributed by atoms with van der Waals surface area (Å²) < 4.78 is 0.